The normalized spacial score (nSPS) is 20.5. The summed E-state index contributed by atoms with van der Waals surface area (Å²) in [5.41, 5.74) is 3.94. The number of carboxylic acids is 1. The minimum Gasteiger partial charge on any atom is -0.481 e. The first-order chi connectivity index (χ1) is 16.6. The number of likely N-dealkylation sites (tertiary alicyclic amines) is 1. The fraction of sp³-hybridized carbons (Fsp3) is 0.464. The van der Waals surface area contributed by atoms with Crippen LogP contribution in [-0.2, 0) is 14.3 Å². The number of ether oxygens (including phenoxy) is 1. The Morgan fingerprint density at radius 2 is 1.60 bits per heavy atom. The van der Waals surface area contributed by atoms with E-state index in [9.17, 15) is 19.5 Å². The molecule has 0 saturated carbocycles. The van der Waals surface area contributed by atoms with Crippen molar-refractivity contribution in [1.82, 2.24) is 10.2 Å². The van der Waals surface area contributed by atoms with Crippen LogP contribution in [0, 0.1) is 11.3 Å². The van der Waals surface area contributed by atoms with Crippen molar-refractivity contribution in [3.8, 4) is 11.1 Å². The first-order valence-electron chi connectivity index (χ1n) is 12.2. The predicted molar refractivity (Wildman–Crippen MR) is 133 cm³/mol. The van der Waals surface area contributed by atoms with Gasteiger partial charge in [-0.3, -0.25) is 9.59 Å². The van der Waals surface area contributed by atoms with Gasteiger partial charge < -0.3 is 20.1 Å². The molecule has 7 heteroatoms. The lowest BCUT2D eigenvalue weighted by atomic mass is 9.84. The molecule has 2 aromatic carbocycles. The van der Waals surface area contributed by atoms with E-state index in [0.29, 0.717) is 12.8 Å². The van der Waals surface area contributed by atoms with Crippen molar-refractivity contribution < 1.29 is 24.2 Å². The van der Waals surface area contributed by atoms with Crippen molar-refractivity contribution in [2.75, 3.05) is 13.2 Å². The first-order valence-corrected chi connectivity index (χ1v) is 12.2. The molecular formula is C28H34N2O5. The quantitative estimate of drug-likeness (QED) is 0.652. The van der Waals surface area contributed by atoms with E-state index in [1.54, 1.807) is 4.90 Å². The van der Waals surface area contributed by atoms with Crippen molar-refractivity contribution in [3.63, 3.8) is 0 Å². The number of nitrogens with one attached hydrogen (secondary N) is 1. The van der Waals surface area contributed by atoms with Crippen LogP contribution in [0.15, 0.2) is 48.5 Å². The summed E-state index contributed by atoms with van der Waals surface area (Å²) >= 11 is 0. The Labute approximate surface area is 206 Å². The van der Waals surface area contributed by atoms with Gasteiger partial charge in [0.25, 0.3) is 0 Å². The number of aliphatic carboxylic acids is 1. The van der Waals surface area contributed by atoms with Gasteiger partial charge in [-0.2, -0.15) is 0 Å². The number of hydrogen-bond donors (Lipinski definition) is 2. The highest BCUT2D eigenvalue weighted by molar-refractivity contribution is 5.87. The molecule has 0 bridgehead atoms. The fourth-order valence-corrected chi connectivity index (χ4v) is 5.19. The van der Waals surface area contributed by atoms with Crippen molar-refractivity contribution in [3.05, 3.63) is 59.7 Å². The number of carbonyl (C=O) groups excluding carboxylic acids is 2. The van der Waals surface area contributed by atoms with Gasteiger partial charge in [0.05, 0.1) is 5.92 Å². The molecule has 186 valence electrons. The molecule has 2 N–H and O–H groups in total. The summed E-state index contributed by atoms with van der Waals surface area (Å²) in [6.45, 7) is 7.86. The molecule has 1 aliphatic carbocycles. The number of carboxylic acid groups (broad SMARTS) is 1. The zero-order valence-electron chi connectivity index (χ0n) is 20.8. The van der Waals surface area contributed by atoms with Gasteiger partial charge in [0.15, 0.2) is 0 Å². The molecule has 2 amide bonds. The molecule has 1 fully saturated rings. The van der Waals surface area contributed by atoms with Crippen LogP contribution in [-0.4, -0.2) is 53.2 Å². The minimum atomic E-state index is -0.897. The monoisotopic (exact) mass is 478 g/mol. The van der Waals surface area contributed by atoms with Crippen LogP contribution in [0.2, 0.25) is 0 Å². The van der Waals surface area contributed by atoms with E-state index in [-0.39, 0.29) is 31.0 Å². The molecule has 3 atom stereocenters. The molecule has 1 heterocycles. The lowest BCUT2D eigenvalue weighted by Crippen LogP contribution is -2.59. The van der Waals surface area contributed by atoms with E-state index < -0.39 is 29.4 Å². The average molecular weight is 479 g/mol. The van der Waals surface area contributed by atoms with Gasteiger partial charge in [0.2, 0.25) is 5.91 Å². The minimum absolute atomic E-state index is 0.0737. The summed E-state index contributed by atoms with van der Waals surface area (Å²) < 4.78 is 5.67. The number of hydrogen-bond acceptors (Lipinski definition) is 4. The van der Waals surface area contributed by atoms with Gasteiger partial charge in [-0.1, -0.05) is 69.3 Å². The van der Waals surface area contributed by atoms with E-state index in [2.05, 4.69) is 29.6 Å². The van der Waals surface area contributed by atoms with Crippen molar-refractivity contribution in [2.45, 2.75) is 58.5 Å². The molecule has 0 spiro atoms. The Balaban J connectivity index is 1.46. The van der Waals surface area contributed by atoms with Gasteiger partial charge in [0.1, 0.15) is 12.6 Å². The summed E-state index contributed by atoms with van der Waals surface area (Å²) in [5, 5.41) is 12.2. The molecule has 35 heavy (non-hydrogen) atoms. The van der Waals surface area contributed by atoms with Crippen LogP contribution in [0.1, 0.15) is 57.6 Å². The van der Waals surface area contributed by atoms with Crippen LogP contribution in [0.5, 0.6) is 0 Å². The largest absolute Gasteiger partial charge is 0.481 e. The summed E-state index contributed by atoms with van der Waals surface area (Å²) in [7, 11) is 0. The number of nitrogens with zero attached hydrogens (tertiary/aromatic N) is 1. The van der Waals surface area contributed by atoms with Crippen molar-refractivity contribution in [2.24, 2.45) is 11.3 Å². The lowest BCUT2D eigenvalue weighted by Gasteiger charge is -2.41. The maximum atomic E-state index is 13.5. The smallest absolute Gasteiger partial charge is 0.407 e. The van der Waals surface area contributed by atoms with Crippen molar-refractivity contribution in [1.29, 1.82) is 0 Å². The molecule has 2 aliphatic rings. The summed E-state index contributed by atoms with van der Waals surface area (Å²) in [6, 6.07) is 15.3. The highest BCUT2D eigenvalue weighted by Crippen LogP contribution is 2.44. The second-order valence-electron chi connectivity index (χ2n) is 10.7. The zero-order valence-corrected chi connectivity index (χ0v) is 20.8. The van der Waals surface area contributed by atoms with Gasteiger partial charge in [-0.15, -0.1) is 0 Å². The van der Waals surface area contributed by atoms with Crippen LogP contribution in [0.4, 0.5) is 4.79 Å². The third kappa shape index (κ3) is 5.04. The maximum absolute atomic E-state index is 13.5. The number of fused-ring (bicyclic) bond motifs is 3. The Hall–Kier alpha value is -3.35. The zero-order chi connectivity index (χ0) is 25.3. The highest BCUT2D eigenvalue weighted by Gasteiger charge is 2.41. The Bertz CT molecular complexity index is 1080. The highest BCUT2D eigenvalue weighted by atomic mass is 16.5. The second-order valence-corrected chi connectivity index (χ2v) is 10.7. The molecule has 2 aromatic rings. The molecular weight excluding hydrogens is 444 g/mol. The summed E-state index contributed by atoms with van der Waals surface area (Å²) in [4.78, 5) is 39.6. The van der Waals surface area contributed by atoms with E-state index in [1.165, 1.54) is 0 Å². The standard InChI is InChI=1S/C28H34N2O5/c1-17-13-14-18(26(32)33)15-30(17)25(31)24(28(2,3)4)29-27(34)35-16-23-21-11-7-5-9-19(21)20-10-6-8-12-22(20)23/h5-12,17-18,23-24H,13-16H2,1-4H3,(H,29,34)(H,32,33)/t17?,18?,24-/m0/s1. The summed E-state index contributed by atoms with van der Waals surface area (Å²) in [6.07, 6.45) is 0.504. The predicted octanol–water partition coefficient (Wildman–Crippen LogP) is 4.65. The topological polar surface area (TPSA) is 95.9 Å². The van der Waals surface area contributed by atoms with Crippen LogP contribution >= 0.6 is 0 Å². The molecule has 0 aromatic heterocycles. The van der Waals surface area contributed by atoms with Gasteiger partial charge in [-0.25, -0.2) is 4.79 Å². The van der Waals surface area contributed by atoms with E-state index in [1.807, 2.05) is 52.0 Å². The number of benzene rings is 2. The first kappa shape index (κ1) is 24.8. The second kappa shape index (κ2) is 9.72. The van der Waals surface area contributed by atoms with Gasteiger partial charge in [-0.05, 0) is 47.4 Å². The molecule has 7 nitrogen and oxygen atoms in total. The molecule has 1 aliphatic heterocycles. The number of amides is 2. The third-order valence-electron chi connectivity index (χ3n) is 7.23. The SMILES string of the molecule is CC1CCC(C(=O)O)CN1C(=O)[C@H](NC(=O)OCC1c2ccccc2-c2ccccc21)C(C)(C)C. The van der Waals surface area contributed by atoms with Crippen LogP contribution < -0.4 is 5.32 Å². The van der Waals surface area contributed by atoms with E-state index in [0.717, 1.165) is 22.3 Å². The third-order valence-corrected chi connectivity index (χ3v) is 7.23. The molecule has 4 rings (SSSR count). The number of rotatable bonds is 5. The Morgan fingerprint density at radius 3 is 2.14 bits per heavy atom. The van der Waals surface area contributed by atoms with Gasteiger partial charge >= 0.3 is 12.1 Å². The number of alkyl carbamates (subject to hydrolysis) is 1. The molecule has 0 radical (unpaired) electrons. The Kier molecular flexibility index (Phi) is 6.88. The molecule has 1 saturated heterocycles. The Morgan fingerprint density at radius 1 is 1.03 bits per heavy atom. The number of piperidine rings is 1. The van der Waals surface area contributed by atoms with Crippen LogP contribution in [0.3, 0.4) is 0 Å². The fourth-order valence-electron chi connectivity index (χ4n) is 5.19. The lowest BCUT2D eigenvalue weighted by molar-refractivity contribution is -0.148. The average Bonchev–Trinajstić information content (AvgIpc) is 3.14. The van der Waals surface area contributed by atoms with E-state index >= 15 is 0 Å². The summed E-state index contributed by atoms with van der Waals surface area (Å²) in [5.74, 6) is -1.84. The van der Waals surface area contributed by atoms with Crippen molar-refractivity contribution >= 4 is 18.0 Å². The molecule has 2 unspecified atom stereocenters. The van der Waals surface area contributed by atoms with E-state index in [4.69, 9.17) is 4.74 Å². The maximum Gasteiger partial charge on any atom is 0.407 e. The van der Waals surface area contributed by atoms with Gasteiger partial charge in [0, 0.05) is 18.5 Å². The number of carbonyl (C=O) groups is 3. The van der Waals surface area contributed by atoms with Crippen LogP contribution in [0.25, 0.3) is 11.1 Å².